The normalized spacial score (nSPS) is 10.8. The molecule has 3 rings (SSSR count). The van der Waals surface area contributed by atoms with Crippen molar-refractivity contribution in [3.63, 3.8) is 0 Å². The van der Waals surface area contributed by atoms with Crippen LogP contribution in [0, 0.1) is 12.7 Å². The second kappa shape index (κ2) is 4.20. The largest absolute Gasteiger partial charge is 0.287 e. The van der Waals surface area contributed by atoms with Gasteiger partial charge in [0.25, 0.3) is 5.78 Å². The van der Waals surface area contributed by atoms with Crippen LogP contribution in [0.4, 0.5) is 4.39 Å². The number of hydrogen-bond acceptors (Lipinski definition) is 5. The molecule has 0 spiro atoms. The van der Waals surface area contributed by atoms with E-state index in [-0.39, 0.29) is 11.5 Å². The van der Waals surface area contributed by atoms with Gasteiger partial charge in [-0.25, -0.2) is 4.39 Å². The second-order valence-corrected chi connectivity index (χ2v) is 3.94. The standard InChI is InChI=1S/C12H8FN5O/c1-7-10(16-17-12-14-6-15-18(7)12)11(19)8-2-4-9(13)5-3-8/h2-6H,1H3. The molecule has 0 N–H and O–H groups in total. The maximum Gasteiger partial charge on any atom is 0.271 e. The van der Waals surface area contributed by atoms with Crippen molar-refractivity contribution >= 4 is 11.6 Å². The molecule has 19 heavy (non-hydrogen) atoms. The quantitative estimate of drug-likeness (QED) is 0.645. The number of nitrogens with zero attached hydrogens (tertiary/aromatic N) is 5. The molecule has 0 amide bonds. The third kappa shape index (κ3) is 1.85. The van der Waals surface area contributed by atoms with Gasteiger partial charge in [-0.15, -0.1) is 10.2 Å². The van der Waals surface area contributed by atoms with E-state index in [1.54, 1.807) is 6.92 Å². The summed E-state index contributed by atoms with van der Waals surface area (Å²) in [6, 6.07) is 5.27. The Hall–Kier alpha value is -2.70. The molecule has 1 aromatic carbocycles. The van der Waals surface area contributed by atoms with E-state index in [1.165, 1.54) is 35.1 Å². The van der Waals surface area contributed by atoms with Crippen LogP contribution in [0.3, 0.4) is 0 Å². The average molecular weight is 257 g/mol. The predicted octanol–water partition coefficient (Wildman–Crippen LogP) is 1.20. The zero-order chi connectivity index (χ0) is 13.4. The molecule has 3 aromatic rings. The highest BCUT2D eigenvalue weighted by Gasteiger charge is 2.17. The van der Waals surface area contributed by atoms with Crippen molar-refractivity contribution in [2.24, 2.45) is 0 Å². The van der Waals surface area contributed by atoms with Gasteiger partial charge in [-0.2, -0.15) is 14.6 Å². The van der Waals surface area contributed by atoms with E-state index < -0.39 is 5.82 Å². The number of aryl methyl sites for hydroxylation is 1. The van der Waals surface area contributed by atoms with E-state index in [1.807, 2.05) is 0 Å². The van der Waals surface area contributed by atoms with Crippen LogP contribution < -0.4 is 0 Å². The molecule has 0 fully saturated rings. The highest BCUT2D eigenvalue weighted by atomic mass is 19.1. The molecule has 2 heterocycles. The Morgan fingerprint density at radius 1 is 1.21 bits per heavy atom. The molecule has 2 aromatic heterocycles. The summed E-state index contributed by atoms with van der Waals surface area (Å²) in [6.45, 7) is 1.70. The maximum atomic E-state index is 12.8. The van der Waals surface area contributed by atoms with E-state index in [0.29, 0.717) is 17.0 Å². The molecule has 94 valence electrons. The lowest BCUT2D eigenvalue weighted by Crippen LogP contribution is -2.12. The van der Waals surface area contributed by atoms with Gasteiger partial charge in [0.1, 0.15) is 12.1 Å². The first-order valence-corrected chi connectivity index (χ1v) is 5.50. The lowest BCUT2D eigenvalue weighted by Gasteiger charge is -2.04. The van der Waals surface area contributed by atoms with Gasteiger partial charge in [-0.3, -0.25) is 4.79 Å². The molecule has 7 heteroatoms. The summed E-state index contributed by atoms with van der Waals surface area (Å²) in [5.41, 5.74) is 1.06. The molecule has 0 aliphatic heterocycles. The molecule has 0 saturated heterocycles. The van der Waals surface area contributed by atoms with Crippen molar-refractivity contribution < 1.29 is 9.18 Å². The van der Waals surface area contributed by atoms with Crippen LogP contribution in [0.5, 0.6) is 0 Å². The van der Waals surface area contributed by atoms with Crippen molar-refractivity contribution in [1.29, 1.82) is 0 Å². The van der Waals surface area contributed by atoms with Gasteiger partial charge < -0.3 is 0 Å². The van der Waals surface area contributed by atoms with Crippen LogP contribution in [-0.4, -0.2) is 30.6 Å². The van der Waals surface area contributed by atoms with Crippen molar-refractivity contribution in [2.45, 2.75) is 6.92 Å². The Balaban J connectivity index is 2.11. The zero-order valence-corrected chi connectivity index (χ0v) is 9.91. The van der Waals surface area contributed by atoms with Gasteiger partial charge in [0, 0.05) is 5.56 Å². The van der Waals surface area contributed by atoms with Gasteiger partial charge in [0.2, 0.25) is 5.78 Å². The number of aromatic nitrogens is 5. The molecular formula is C12H8FN5O. The molecule has 0 atom stereocenters. The Labute approximate surface area is 106 Å². The molecule has 0 saturated carbocycles. The number of rotatable bonds is 2. The first-order chi connectivity index (χ1) is 9.16. The van der Waals surface area contributed by atoms with Gasteiger partial charge in [0.05, 0.1) is 5.69 Å². The van der Waals surface area contributed by atoms with E-state index in [2.05, 4.69) is 20.3 Å². The zero-order valence-electron chi connectivity index (χ0n) is 9.91. The number of halogens is 1. The number of fused-ring (bicyclic) bond motifs is 1. The van der Waals surface area contributed by atoms with Crippen LogP contribution in [0.2, 0.25) is 0 Å². The fourth-order valence-electron chi connectivity index (χ4n) is 1.76. The molecule has 0 unspecified atom stereocenters. The SMILES string of the molecule is Cc1c(C(=O)c2ccc(F)cc2)nnc2ncnn12. The third-order valence-corrected chi connectivity index (χ3v) is 2.75. The van der Waals surface area contributed by atoms with Crippen LogP contribution in [0.25, 0.3) is 5.78 Å². The summed E-state index contributed by atoms with van der Waals surface area (Å²) in [5, 5.41) is 11.6. The highest BCUT2D eigenvalue weighted by molar-refractivity contribution is 6.08. The number of carbonyl (C=O) groups excluding carboxylic acids is 1. The minimum atomic E-state index is -0.397. The van der Waals surface area contributed by atoms with Crippen molar-refractivity contribution in [1.82, 2.24) is 24.8 Å². The number of benzene rings is 1. The summed E-state index contributed by atoms with van der Waals surface area (Å²) in [5.74, 6) is -0.401. The summed E-state index contributed by atoms with van der Waals surface area (Å²) < 4.78 is 14.3. The van der Waals surface area contributed by atoms with Crippen LogP contribution >= 0.6 is 0 Å². The Morgan fingerprint density at radius 2 is 1.95 bits per heavy atom. The van der Waals surface area contributed by atoms with Crippen molar-refractivity contribution in [3.05, 3.63) is 53.4 Å². The number of ketones is 1. The third-order valence-electron chi connectivity index (χ3n) is 2.75. The van der Waals surface area contributed by atoms with Crippen LogP contribution in [0.1, 0.15) is 21.7 Å². The molecule has 0 radical (unpaired) electrons. The first kappa shape index (κ1) is 11.4. The van der Waals surface area contributed by atoms with E-state index in [0.717, 1.165) is 0 Å². The molecule has 0 bridgehead atoms. The van der Waals surface area contributed by atoms with Gasteiger partial charge in [0.15, 0.2) is 5.69 Å². The van der Waals surface area contributed by atoms with Crippen LogP contribution in [0.15, 0.2) is 30.6 Å². The fraction of sp³-hybridized carbons (Fsp3) is 0.0833. The highest BCUT2D eigenvalue weighted by Crippen LogP contribution is 2.12. The monoisotopic (exact) mass is 257 g/mol. The number of carbonyl (C=O) groups is 1. The Morgan fingerprint density at radius 3 is 2.68 bits per heavy atom. The molecule has 6 nitrogen and oxygen atoms in total. The molecule has 0 aliphatic carbocycles. The van der Waals surface area contributed by atoms with E-state index in [9.17, 15) is 9.18 Å². The Kier molecular flexibility index (Phi) is 2.52. The summed E-state index contributed by atoms with van der Waals surface area (Å²) in [6.07, 6.45) is 1.34. The summed E-state index contributed by atoms with van der Waals surface area (Å²) in [7, 11) is 0. The Bertz CT molecular complexity index is 765. The van der Waals surface area contributed by atoms with Gasteiger partial charge in [-0.05, 0) is 31.2 Å². The first-order valence-electron chi connectivity index (χ1n) is 5.50. The van der Waals surface area contributed by atoms with Gasteiger partial charge in [-0.1, -0.05) is 0 Å². The lowest BCUT2D eigenvalue weighted by atomic mass is 10.1. The average Bonchev–Trinajstić information content (AvgIpc) is 2.88. The van der Waals surface area contributed by atoms with Crippen LogP contribution in [-0.2, 0) is 0 Å². The second-order valence-electron chi connectivity index (χ2n) is 3.94. The van der Waals surface area contributed by atoms with Crippen molar-refractivity contribution in [2.75, 3.05) is 0 Å². The van der Waals surface area contributed by atoms with Gasteiger partial charge >= 0.3 is 0 Å². The summed E-state index contributed by atoms with van der Waals surface area (Å²) in [4.78, 5) is 16.1. The summed E-state index contributed by atoms with van der Waals surface area (Å²) >= 11 is 0. The van der Waals surface area contributed by atoms with E-state index in [4.69, 9.17) is 0 Å². The maximum absolute atomic E-state index is 12.8. The minimum Gasteiger partial charge on any atom is -0.287 e. The predicted molar refractivity (Wildman–Crippen MR) is 63.1 cm³/mol. The van der Waals surface area contributed by atoms with E-state index >= 15 is 0 Å². The fourth-order valence-corrected chi connectivity index (χ4v) is 1.76. The number of hydrogen-bond donors (Lipinski definition) is 0. The van der Waals surface area contributed by atoms with Crippen molar-refractivity contribution in [3.8, 4) is 0 Å². The smallest absolute Gasteiger partial charge is 0.271 e. The minimum absolute atomic E-state index is 0.171. The topological polar surface area (TPSA) is 73.0 Å². The molecule has 0 aliphatic rings. The lowest BCUT2D eigenvalue weighted by molar-refractivity contribution is 0.103. The molecular weight excluding hydrogens is 249 g/mol.